The summed E-state index contributed by atoms with van der Waals surface area (Å²) in [5, 5.41) is 0. The van der Waals surface area contributed by atoms with Crippen molar-refractivity contribution < 1.29 is 14.3 Å². The number of hydrogen-bond donors (Lipinski definition) is 0. The predicted octanol–water partition coefficient (Wildman–Crippen LogP) is 3.53. The van der Waals surface area contributed by atoms with E-state index in [2.05, 4.69) is 23.1 Å². The molecule has 2 bridgehead atoms. The van der Waals surface area contributed by atoms with Gasteiger partial charge in [0.2, 0.25) is 0 Å². The van der Waals surface area contributed by atoms with Crippen LogP contribution in [0.1, 0.15) is 49.7 Å². The van der Waals surface area contributed by atoms with E-state index in [1.807, 2.05) is 7.11 Å². The Balaban J connectivity index is 0.00000180. The van der Waals surface area contributed by atoms with Crippen molar-refractivity contribution in [2.75, 3.05) is 27.3 Å². The van der Waals surface area contributed by atoms with Crippen LogP contribution in [-0.2, 0) is 21.4 Å². The molecule has 1 aliphatic heterocycles. The quantitative estimate of drug-likeness (QED) is 0.787. The topological polar surface area (TPSA) is 38.8 Å². The maximum absolute atomic E-state index is 12.6. The minimum Gasteiger partial charge on any atom is -0.496 e. The van der Waals surface area contributed by atoms with E-state index in [-0.39, 0.29) is 23.4 Å². The molecule has 1 heterocycles. The van der Waals surface area contributed by atoms with Crippen molar-refractivity contribution in [3.8, 4) is 5.75 Å². The Kier molecular flexibility index (Phi) is 4.81. The highest BCUT2D eigenvalue weighted by molar-refractivity contribution is 5.85. The van der Waals surface area contributed by atoms with Crippen molar-refractivity contribution in [3.05, 3.63) is 29.3 Å². The Bertz CT molecular complexity index is 749. The highest BCUT2D eigenvalue weighted by Gasteiger charge is 2.66. The molecule has 0 N–H and O–H groups in total. The molecule has 0 radical (unpaired) electrons. The van der Waals surface area contributed by atoms with Crippen LogP contribution in [0.4, 0.5) is 0 Å². The first-order chi connectivity index (χ1) is 12.6. The number of nitrogens with zero attached hydrogens (tertiary/aromatic N) is 1. The van der Waals surface area contributed by atoms with Crippen molar-refractivity contribution >= 4 is 18.2 Å². The Morgan fingerprint density at radius 1 is 1.22 bits per heavy atom. The van der Waals surface area contributed by atoms with E-state index in [0.29, 0.717) is 24.7 Å². The van der Waals surface area contributed by atoms with Gasteiger partial charge in [0.25, 0.3) is 0 Å². The van der Waals surface area contributed by atoms with Gasteiger partial charge in [-0.15, -0.1) is 12.4 Å². The van der Waals surface area contributed by atoms with Crippen LogP contribution in [0.5, 0.6) is 5.75 Å². The highest BCUT2D eigenvalue weighted by Crippen LogP contribution is 2.61. The van der Waals surface area contributed by atoms with Crippen LogP contribution in [0.2, 0.25) is 0 Å². The molecule has 5 rings (SSSR count). The van der Waals surface area contributed by atoms with Crippen LogP contribution >= 0.6 is 12.4 Å². The molecule has 4 nitrogen and oxygen atoms in total. The Labute approximate surface area is 168 Å². The molecule has 1 aromatic rings. The van der Waals surface area contributed by atoms with E-state index in [1.54, 1.807) is 7.11 Å². The lowest BCUT2D eigenvalue weighted by molar-refractivity contribution is -0.188. The number of likely N-dealkylation sites (tertiary alicyclic amines) is 1. The van der Waals surface area contributed by atoms with Crippen LogP contribution in [0.25, 0.3) is 0 Å². The second kappa shape index (κ2) is 6.75. The molecule has 3 aliphatic carbocycles. The summed E-state index contributed by atoms with van der Waals surface area (Å²) in [6.07, 6.45) is 6.82. The number of Topliss-reactive ketones (excluding diaryl/α,β-unsaturated/α-hetero) is 1. The molecule has 3 atom stereocenters. The van der Waals surface area contributed by atoms with Crippen molar-refractivity contribution in [2.45, 2.75) is 62.0 Å². The van der Waals surface area contributed by atoms with Gasteiger partial charge >= 0.3 is 0 Å². The van der Waals surface area contributed by atoms with E-state index in [0.717, 1.165) is 37.5 Å². The fourth-order valence-corrected chi connectivity index (χ4v) is 6.38. The molecule has 0 unspecified atom stereocenters. The van der Waals surface area contributed by atoms with Crippen molar-refractivity contribution in [3.63, 3.8) is 0 Å². The average molecular weight is 392 g/mol. The number of halogens is 1. The van der Waals surface area contributed by atoms with Gasteiger partial charge in [-0.1, -0.05) is 12.1 Å². The predicted molar refractivity (Wildman–Crippen MR) is 107 cm³/mol. The summed E-state index contributed by atoms with van der Waals surface area (Å²) in [5.74, 6) is 2.19. The Morgan fingerprint density at radius 2 is 2.04 bits per heavy atom. The molecule has 27 heavy (non-hydrogen) atoms. The number of rotatable bonds is 4. The van der Waals surface area contributed by atoms with Crippen molar-refractivity contribution in [2.24, 2.45) is 5.92 Å². The maximum atomic E-state index is 12.6. The number of methoxy groups -OCH3 is 2. The summed E-state index contributed by atoms with van der Waals surface area (Å²) in [6, 6.07) is 6.77. The smallest absolute Gasteiger partial charge is 0.134 e. The fraction of sp³-hybridized carbons (Fsp3) is 0.682. The first-order valence-corrected chi connectivity index (χ1v) is 10.1. The lowest BCUT2D eigenvalue weighted by Crippen LogP contribution is -2.74. The van der Waals surface area contributed by atoms with E-state index in [9.17, 15) is 4.79 Å². The Hall–Kier alpha value is -1.10. The van der Waals surface area contributed by atoms with E-state index in [4.69, 9.17) is 9.47 Å². The third-order valence-corrected chi connectivity index (χ3v) is 7.67. The zero-order valence-corrected chi connectivity index (χ0v) is 17.1. The number of benzene rings is 1. The molecule has 1 aromatic carbocycles. The van der Waals surface area contributed by atoms with Gasteiger partial charge in [-0.2, -0.15) is 0 Å². The number of fused-ring (bicyclic) bond motifs is 1. The summed E-state index contributed by atoms with van der Waals surface area (Å²) >= 11 is 0. The third kappa shape index (κ3) is 2.60. The first-order valence-electron chi connectivity index (χ1n) is 10.1. The molecule has 0 spiro atoms. The lowest BCUT2D eigenvalue weighted by atomic mass is 9.49. The van der Waals surface area contributed by atoms with Crippen LogP contribution in [-0.4, -0.2) is 49.6 Å². The Morgan fingerprint density at radius 3 is 2.74 bits per heavy atom. The van der Waals surface area contributed by atoms with Crippen molar-refractivity contribution in [1.82, 2.24) is 4.90 Å². The average Bonchev–Trinajstić information content (AvgIpc) is 3.47. The van der Waals surface area contributed by atoms with Crippen LogP contribution < -0.4 is 4.74 Å². The van der Waals surface area contributed by atoms with E-state index in [1.165, 1.54) is 30.5 Å². The van der Waals surface area contributed by atoms with Gasteiger partial charge in [0.15, 0.2) is 0 Å². The van der Waals surface area contributed by atoms with Gasteiger partial charge in [0, 0.05) is 43.5 Å². The first kappa shape index (κ1) is 19.2. The molecule has 0 aromatic heterocycles. The molecule has 1 saturated heterocycles. The summed E-state index contributed by atoms with van der Waals surface area (Å²) in [5.41, 5.74) is 2.12. The number of carbonyl (C=O) groups excluding carboxylic acids is 1. The second-order valence-electron chi connectivity index (χ2n) is 8.79. The second-order valence-corrected chi connectivity index (χ2v) is 8.79. The van der Waals surface area contributed by atoms with Gasteiger partial charge in [0.05, 0.1) is 12.7 Å². The lowest BCUT2D eigenvalue weighted by Gasteiger charge is -2.65. The van der Waals surface area contributed by atoms with Gasteiger partial charge in [-0.05, 0) is 56.2 Å². The van der Waals surface area contributed by atoms with Gasteiger partial charge in [-0.25, -0.2) is 0 Å². The van der Waals surface area contributed by atoms with Crippen LogP contribution in [0.3, 0.4) is 0 Å². The minimum atomic E-state index is -0.268. The molecule has 3 fully saturated rings. The number of piperidine rings is 1. The normalized spacial score (nSPS) is 35.0. The molecule has 148 valence electrons. The summed E-state index contributed by atoms with van der Waals surface area (Å²) in [4.78, 5) is 15.3. The van der Waals surface area contributed by atoms with Gasteiger partial charge < -0.3 is 9.47 Å². The molecule has 5 heteroatoms. The monoisotopic (exact) mass is 391 g/mol. The molecular formula is C22H30ClNO3. The van der Waals surface area contributed by atoms with Gasteiger partial charge in [-0.3, -0.25) is 9.69 Å². The number of ether oxygens (including phenoxy) is 2. The maximum Gasteiger partial charge on any atom is 0.134 e. The zero-order valence-electron chi connectivity index (χ0n) is 16.3. The summed E-state index contributed by atoms with van der Waals surface area (Å²) in [7, 11) is 3.62. The SMILES string of the molecule is COc1cccc2c1[C@@]13CCN(CC4CC4)[C@H](C2)[C@@]1(OC)CCC(=O)C3.Cl. The third-order valence-electron chi connectivity index (χ3n) is 7.67. The summed E-state index contributed by atoms with van der Waals surface area (Å²) < 4.78 is 12.2. The molecular weight excluding hydrogens is 362 g/mol. The van der Waals surface area contributed by atoms with Gasteiger partial charge in [0.1, 0.15) is 11.5 Å². The van der Waals surface area contributed by atoms with E-state index >= 15 is 0 Å². The number of ketones is 1. The molecule has 4 aliphatic rings. The highest BCUT2D eigenvalue weighted by atomic mass is 35.5. The summed E-state index contributed by atoms with van der Waals surface area (Å²) in [6.45, 7) is 2.26. The number of carbonyl (C=O) groups is 1. The van der Waals surface area contributed by atoms with Crippen LogP contribution in [0, 0.1) is 5.92 Å². The zero-order chi connectivity index (χ0) is 17.9. The fourth-order valence-electron chi connectivity index (χ4n) is 6.38. The molecule has 2 saturated carbocycles. The number of hydrogen-bond acceptors (Lipinski definition) is 4. The van der Waals surface area contributed by atoms with Crippen LogP contribution in [0.15, 0.2) is 18.2 Å². The molecule has 0 amide bonds. The standard InChI is InChI=1S/C22H29NO3.ClH/c1-25-18-5-3-4-16-12-19-22(26-2)9-8-17(24)13-21(22,20(16)18)10-11-23(19)14-15-6-7-15;/h3-5,15,19H,6-14H2,1-2H3;1H/t19-,21+,22+;/m1./s1. The van der Waals surface area contributed by atoms with E-state index < -0.39 is 0 Å². The minimum absolute atomic E-state index is 0. The largest absolute Gasteiger partial charge is 0.496 e. The van der Waals surface area contributed by atoms with Crippen molar-refractivity contribution in [1.29, 1.82) is 0 Å².